The Labute approximate surface area is 187 Å². The number of rotatable bonds is 2. The van der Waals surface area contributed by atoms with Crippen LogP contribution in [0.3, 0.4) is 0 Å². The first kappa shape index (κ1) is 19.6. The van der Waals surface area contributed by atoms with Crippen molar-refractivity contribution < 1.29 is 28.5 Å². The summed E-state index contributed by atoms with van der Waals surface area (Å²) in [5.41, 5.74) is 6.91. The SMILES string of the molecule is Cc1nc(/C=C/c2cccc3c2ccc[n+]3C)cc2c3ccccc3n(C)c12.[I-]. The van der Waals surface area contributed by atoms with Gasteiger partial charge >= 0.3 is 0 Å². The molecule has 3 aromatic heterocycles. The molecule has 5 aromatic rings. The van der Waals surface area contributed by atoms with Crippen LogP contribution in [0, 0.1) is 6.92 Å². The lowest BCUT2D eigenvalue weighted by Gasteiger charge is -2.04. The summed E-state index contributed by atoms with van der Waals surface area (Å²) in [5.74, 6) is 0. The van der Waals surface area contributed by atoms with E-state index in [4.69, 9.17) is 4.98 Å². The number of para-hydroxylation sites is 1. The van der Waals surface area contributed by atoms with Gasteiger partial charge in [0.1, 0.15) is 7.05 Å². The zero-order valence-electron chi connectivity index (χ0n) is 16.7. The highest BCUT2D eigenvalue weighted by Crippen LogP contribution is 2.30. The zero-order valence-corrected chi connectivity index (χ0v) is 18.9. The van der Waals surface area contributed by atoms with Crippen LogP contribution in [-0.2, 0) is 14.1 Å². The Balaban J connectivity index is 0.00000205. The van der Waals surface area contributed by atoms with Crippen LogP contribution in [0.1, 0.15) is 17.0 Å². The topological polar surface area (TPSA) is 21.7 Å². The Hall–Kier alpha value is -2.73. The number of nitrogens with zero attached hydrogens (tertiary/aromatic N) is 3. The molecule has 0 aliphatic carbocycles. The minimum atomic E-state index is 0. The second-order valence-corrected chi connectivity index (χ2v) is 7.34. The third kappa shape index (κ3) is 3.21. The molecule has 29 heavy (non-hydrogen) atoms. The Morgan fingerprint density at radius 2 is 1.69 bits per heavy atom. The van der Waals surface area contributed by atoms with Gasteiger partial charge in [0.15, 0.2) is 6.20 Å². The Kier molecular flexibility index (Phi) is 5.13. The molecule has 0 bridgehead atoms. The van der Waals surface area contributed by atoms with Crippen LogP contribution in [0.4, 0.5) is 0 Å². The van der Waals surface area contributed by atoms with Crippen LogP contribution in [0.5, 0.6) is 0 Å². The van der Waals surface area contributed by atoms with Crippen LogP contribution >= 0.6 is 0 Å². The summed E-state index contributed by atoms with van der Waals surface area (Å²) in [7, 11) is 4.19. The largest absolute Gasteiger partial charge is 1.00 e. The predicted octanol–water partition coefficient (Wildman–Crippen LogP) is 2.19. The minimum absolute atomic E-state index is 0. The molecule has 0 saturated carbocycles. The maximum absolute atomic E-state index is 4.86. The van der Waals surface area contributed by atoms with Gasteiger partial charge in [-0.3, -0.25) is 4.98 Å². The van der Waals surface area contributed by atoms with Crippen molar-refractivity contribution >= 4 is 44.9 Å². The summed E-state index contributed by atoms with van der Waals surface area (Å²) in [6.45, 7) is 2.09. The van der Waals surface area contributed by atoms with E-state index in [9.17, 15) is 0 Å². The quantitative estimate of drug-likeness (QED) is 0.274. The lowest BCUT2D eigenvalue weighted by atomic mass is 10.1. The van der Waals surface area contributed by atoms with E-state index in [1.54, 1.807) is 0 Å². The normalized spacial score (nSPS) is 11.6. The van der Waals surface area contributed by atoms with Crippen molar-refractivity contribution in [3.05, 3.63) is 83.8 Å². The van der Waals surface area contributed by atoms with E-state index in [0.717, 1.165) is 11.4 Å². The molecule has 0 radical (unpaired) electrons. The molecule has 0 amide bonds. The highest BCUT2D eigenvalue weighted by molar-refractivity contribution is 6.09. The number of benzene rings is 2. The Morgan fingerprint density at radius 1 is 0.897 bits per heavy atom. The van der Waals surface area contributed by atoms with Gasteiger partial charge < -0.3 is 28.5 Å². The second-order valence-electron chi connectivity index (χ2n) is 7.34. The molecule has 3 heterocycles. The smallest absolute Gasteiger partial charge is 0.212 e. The van der Waals surface area contributed by atoms with E-state index < -0.39 is 0 Å². The van der Waals surface area contributed by atoms with Crippen molar-refractivity contribution in [1.29, 1.82) is 0 Å². The van der Waals surface area contributed by atoms with Gasteiger partial charge in [0.05, 0.1) is 22.3 Å². The number of fused-ring (bicyclic) bond motifs is 4. The number of pyridine rings is 2. The number of aromatic nitrogens is 3. The van der Waals surface area contributed by atoms with Crippen LogP contribution in [0.25, 0.3) is 44.9 Å². The highest BCUT2D eigenvalue weighted by atomic mass is 127. The minimum Gasteiger partial charge on any atom is -1.00 e. The fourth-order valence-corrected chi connectivity index (χ4v) is 4.25. The van der Waals surface area contributed by atoms with Crippen LogP contribution in [0.15, 0.2) is 66.9 Å². The first-order chi connectivity index (χ1) is 13.6. The monoisotopic (exact) mass is 491 g/mol. The van der Waals surface area contributed by atoms with Gasteiger partial charge in [0, 0.05) is 35.5 Å². The molecule has 5 rings (SSSR count). The highest BCUT2D eigenvalue weighted by Gasteiger charge is 2.12. The first-order valence-electron chi connectivity index (χ1n) is 9.54. The van der Waals surface area contributed by atoms with Gasteiger partial charge in [-0.2, -0.15) is 0 Å². The van der Waals surface area contributed by atoms with Crippen molar-refractivity contribution in [2.24, 2.45) is 14.1 Å². The van der Waals surface area contributed by atoms with E-state index in [1.807, 2.05) is 0 Å². The van der Waals surface area contributed by atoms with Gasteiger partial charge in [0.25, 0.3) is 0 Å². The number of hydrogen-bond donors (Lipinski definition) is 0. The van der Waals surface area contributed by atoms with Crippen LogP contribution in [0.2, 0.25) is 0 Å². The molecular formula is C25H22IN3. The van der Waals surface area contributed by atoms with Crippen molar-refractivity contribution in [2.45, 2.75) is 6.92 Å². The molecule has 2 aromatic carbocycles. The molecule has 0 unspecified atom stereocenters. The third-order valence-electron chi connectivity index (χ3n) is 5.58. The van der Waals surface area contributed by atoms with Gasteiger partial charge in [-0.1, -0.05) is 36.4 Å². The second kappa shape index (κ2) is 7.59. The molecular weight excluding hydrogens is 469 g/mol. The summed E-state index contributed by atoms with van der Waals surface area (Å²) in [4.78, 5) is 4.86. The fourth-order valence-electron chi connectivity index (χ4n) is 4.25. The molecule has 0 N–H and O–H groups in total. The standard InChI is InChI=1S/C25H22N3.HI/c1-17-25-22(21-9-4-5-11-24(21)28(25)3)16-19(26-17)14-13-18-8-6-12-23-20(18)10-7-15-27(23)2;/h4-16H,1-3H3;1H/q+1;/p-1. The maximum Gasteiger partial charge on any atom is 0.212 e. The van der Waals surface area contributed by atoms with Crippen molar-refractivity contribution in [2.75, 3.05) is 0 Å². The molecule has 4 heteroatoms. The molecule has 0 aliphatic heterocycles. The van der Waals surface area contributed by atoms with E-state index in [-0.39, 0.29) is 24.0 Å². The predicted molar refractivity (Wildman–Crippen MR) is 117 cm³/mol. The van der Waals surface area contributed by atoms with Crippen LogP contribution in [-0.4, -0.2) is 9.55 Å². The molecule has 0 atom stereocenters. The Bertz CT molecular complexity index is 1400. The molecule has 0 saturated heterocycles. The van der Waals surface area contributed by atoms with Gasteiger partial charge in [-0.05, 0) is 36.8 Å². The van der Waals surface area contributed by atoms with E-state index >= 15 is 0 Å². The molecule has 3 nitrogen and oxygen atoms in total. The van der Waals surface area contributed by atoms with E-state index in [1.165, 1.54) is 38.3 Å². The van der Waals surface area contributed by atoms with E-state index in [2.05, 4.69) is 109 Å². The summed E-state index contributed by atoms with van der Waals surface area (Å²) >= 11 is 0. The van der Waals surface area contributed by atoms with Gasteiger partial charge in [-0.25, -0.2) is 4.57 Å². The lowest BCUT2D eigenvalue weighted by Crippen LogP contribution is -3.00. The van der Waals surface area contributed by atoms with Crippen molar-refractivity contribution in [3.8, 4) is 0 Å². The first-order valence-corrected chi connectivity index (χ1v) is 9.54. The molecule has 144 valence electrons. The maximum atomic E-state index is 4.86. The summed E-state index contributed by atoms with van der Waals surface area (Å²) in [5, 5.41) is 3.78. The van der Waals surface area contributed by atoms with Gasteiger partial charge in [-0.15, -0.1) is 0 Å². The summed E-state index contributed by atoms with van der Waals surface area (Å²) in [6.07, 6.45) is 6.37. The Morgan fingerprint density at radius 3 is 2.55 bits per heavy atom. The number of aryl methyl sites for hydroxylation is 3. The summed E-state index contributed by atoms with van der Waals surface area (Å²) < 4.78 is 4.39. The average Bonchev–Trinajstić information content (AvgIpc) is 3.00. The molecule has 0 fully saturated rings. The number of hydrogen-bond acceptors (Lipinski definition) is 1. The zero-order chi connectivity index (χ0) is 19.3. The lowest BCUT2D eigenvalue weighted by molar-refractivity contribution is -0.644. The summed E-state index contributed by atoms with van der Waals surface area (Å²) in [6, 6.07) is 21.4. The number of halogens is 1. The molecule has 0 spiro atoms. The van der Waals surface area contributed by atoms with Crippen LogP contribution < -0.4 is 28.5 Å². The van der Waals surface area contributed by atoms with Crippen molar-refractivity contribution in [1.82, 2.24) is 9.55 Å². The third-order valence-corrected chi connectivity index (χ3v) is 5.58. The fraction of sp³-hybridized carbons (Fsp3) is 0.120. The van der Waals surface area contributed by atoms with E-state index in [0.29, 0.717) is 0 Å². The van der Waals surface area contributed by atoms with Crippen molar-refractivity contribution in [3.63, 3.8) is 0 Å². The molecule has 0 aliphatic rings. The average molecular weight is 491 g/mol. The van der Waals surface area contributed by atoms with Gasteiger partial charge in [0.2, 0.25) is 5.52 Å².